The standard InChI is InChI=1S/C8H19N5O.C8H15NO4.C5H14N4/c1-6(9)7(14)12-4-2-3-5-13-8(10)11;1-5(6(10)11)9-7(12)13-8(2,3)4;6-3-1-2-4-9-5(7)8/h6H,2-5,9H2,1H3,(H,12,14)(H4,10,11,13);5H,1-4H3,(H,9,12)(H,10,11);1-4,6H2,(H4,7,8,9)/t6-;5-;/m00./s1. The number of aliphatic carboxylic acids is 1. The first kappa shape index (κ1) is 37.2. The Morgan fingerprint density at radius 2 is 1.39 bits per heavy atom. The van der Waals surface area contributed by atoms with Crippen LogP contribution in [0.25, 0.3) is 0 Å². The van der Waals surface area contributed by atoms with Gasteiger partial charge in [0, 0.05) is 19.6 Å². The normalized spacial score (nSPS) is 11.6. The Morgan fingerprint density at radius 3 is 1.75 bits per heavy atom. The smallest absolute Gasteiger partial charge is 0.408 e. The number of unbranched alkanes of at least 4 members (excludes halogenated alkanes) is 2. The summed E-state index contributed by atoms with van der Waals surface area (Å²) in [5.74, 6) is -0.964. The lowest BCUT2D eigenvalue weighted by atomic mass is 10.2. The molecule has 15 N–H and O–H groups in total. The van der Waals surface area contributed by atoms with Gasteiger partial charge in [-0.05, 0) is 66.8 Å². The van der Waals surface area contributed by atoms with Crippen LogP contribution in [-0.4, -0.2) is 78.9 Å². The number of nitrogens with zero attached hydrogens (tertiary/aromatic N) is 2. The second-order valence-electron chi connectivity index (χ2n) is 8.60. The molecule has 0 heterocycles. The highest BCUT2D eigenvalue weighted by Crippen LogP contribution is 2.06. The molecular weight excluding hydrogens is 472 g/mol. The monoisotopic (exact) mass is 520 g/mol. The number of hydrogen-bond acceptors (Lipinski definition) is 8. The summed E-state index contributed by atoms with van der Waals surface area (Å²) in [5.41, 5.74) is 30.4. The Kier molecular flexibility index (Phi) is 22.9. The lowest BCUT2D eigenvalue weighted by Crippen LogP contribution is -2.41. The summed E-state index contributed by atoms with van der Waals surface area (Å²) in [6.07, 6.45) is 2.92. The van der Waals surface area contributed by atoms with Gasteiger partial charge in [0.1, 0.15) is 11.6 Å². The van der Waals surface area contributed by atoms with Crippen molar-refractivity contribution in [2.45, 2.75) is 78.0 Å². The summed E-state index contributed by atoms with van der Waals surface area (Å²) in [6, 6.07) is -1.39. The number of nitrogens with one attached hydrogen (secondary N) is 2. The molecule has 212 valence electrons. The molecule has 0 bridgehead atoms. The Morgan fingerprint density at radius 1 is 0.917 bits per heavy atom. The summed E-state index contributed by atoms with van der Waals surface area (Å²) in [4.78, 5) is 39.9. The number of guanidine groups is 2. The lowest BCUT2D eigenvalue weighted by Gasteiger charge is -2.20. The molecule has 15 nitrogen and oxygen atoms in total. The van der Waals surface area contributed by atoms with Gasteiger partial charge >= 0.3 is 12.1 Å². The number of aliphatic imine (C=N–C) groups is 2. The maximum absolute atomic E-state index is 11.0. The Labute approximate surface area is 213 Å². The molecule has 0 fully saturated rings. The van der Waals surface area contributed by atoms with E-state index >= 15 is 0 Å². The highest BCUT2D eigenvalue weighted by Gasteiger charge is 2.20. The topological polar surface area (TPSA) is 286 Å². The molecule has 0 radical (unpaired) electrons. The van der Waals surface area contributed by atoms with Crippen LogP contribution in [0.2, 0.25) is 0 Å². The van der Waals surface area contributed by atoms with E-state index in [-0.39, 0.29) is 17.8 Å². The van der Waals surface area contributed by atoms with Crippen molar-refractivity contribution in [2.24, 2.45) is 44.4 Å². The van der Waals surface area contributed by atoms with E-state index in [0.717, 1.165) is 25.7 Å². The van der Waals surface area contributed by atoms with Gasteiger partial charge in [-0.25, -0.2) is 4.79 Å². The van der Waals surface area contributed by atoms with Crippen molar-refractivity contribution >= 4 is 29.9 Å². The van der Waals surface area contributed by atoms with Gasteiger partial charge in [0.15, 0.2) is 11.9 Å². The van der Waals surface area contributed by atoms with E-state index in [4.69, 9.17) is 44.2 Å². The summed E-state index contributed by atoms with van der Waals surface area (Å²) < 4.78 is 4.85. The Hall–Kier alpha value is -3.33. The number of carboxylic acids is 1. The van der Waals surface area contributed by atoms with Gasteiger partial charge in [0.05, 0.1) is 6.04 Å². The molecule has 36 heavy (non-hydrogen) atoms. The third-order valence-electron chi connectivity index (χ3n) is 3.60. The van der Waals surface area contributed by atoms with Crippen molar-refractivity contribution in [1.29, 1.82) is 0 Å². The average molecular weight is 521 g/mol. The highest BCUT2D eigenvalue weighted by molar-refractivity contribution is 5.81. The maximum atomic E-state index is 11.0. The van der Waals surface area contributed by atoms with Crippen LogP contribution in [0.3, 0.4) is 0 Å². The average Bonchev–Trinajstić information content (AvgIpc) is 2.72. The molecule has 0 aliphatic rings. The zero-order valence-corrected chi connectivity index (χ0v) is 22.3. The van der Waals surface area contributed by atoms with Gasteiger partial charge in [-0.1, -0.05) is 0 Å². The number of alkyl carbamates (subject to hydrolysis) is 1. The van der Waals surface area contributed by atoms with Crippen molar-refractivity contribution in [2.75, 3.05) is 26.2 Å². The molecule has 0 aromatic rings. The number of carbonyl (C=O) groups excluding carboxylic acids is 2. The maximum Gasteiger partial charge on any atom is 0.408 e. The number of ether oxygens (including phenoxy) is 1. The van der Waals surface area contributed by atoms with E-state index < -0.39 is 29.7 Å². The fourth-order valence-corrected chi connectivity index (χ4v) is 1.83. The zero-order valence-electron chi connectivity index (χ0n) is 22.3. The molecule has 0 aliphatic carbocycles. The van der Waals surface area contributed by atoms with Gasteiger partial charge in [0.2, 0.25) is 5.91 Å². The fraction of sp³-hybridized carbons (Fsp3) is 0.762. The predicted molar refractivity (Wildman–Crippen MR) is 142 cm³/mol. The van der Waals surface area contributed by atoms with Gasteiger partial charge in [0.25, 0.3) is 0 Å². The molecule has 2 amide bonds. The quantitative estimate of drug-likeness (QED) is 0.0809. The summed E-state index contributed by atoms with van der Waals surface area (Å²) >= 11 is 0. The van der Waals surface area contributed by atoms with Gasteiger partial charge < -0.3 is 54.9 Å². The lowest BCUT2D eigenvalue weighted by molar-refractivity contribution is -0.139. The first-order valence-corrected chi connectivity index (χ1v) is 11.6. The van der Waals surface area contributed by atoms with E-state index in [0.29, 0.717) is 26.2 Å². The molecule has 0 aliphatic heterocycles. The molecule has 0 saturated heterocycles. The molecule has 15 heteroatoms. The van der Waals surface area contributed by atoms with Crippen LogP contribution in [-0.2, 0) is 14.3 Å². The first-order chi connectivity index (χ1) is 16.5. The SMILES string of the molecule is C[C@H](N)C(=O)NCCCCN=C(N)N.C[C@H](NC(=O)OC(C)(C)C)C(=O)O.NCCCCN=C(N)N. The first-order valence-electron chi connectivity index (χ1n) is 11.6. The molecule has 2 atom stereocenters. The molecule has 0 aromatic carbocycles. The largest absolute Gasteiger partial charge is 0.480 e. The van der Waals surface area contributed by atoms with Crippen LogP contribution in [0.1, 0.15) is 60.3 Å². The number of amides is 2. The summed E-state index contributed by atoms with van der Waals surface area (Å²) in [7, 11) is 0. The van der Waals surface area contributed by atoms with E-state index in [1.807, 2.05) is 0 Å². The summed E-state index contributed by atoms with van der Waals surface area (Å²) in [6.45, 7) is 10.7. The third kappa shape index (κ3) is 32.8. The zero-order chi connectivity index (χ0) is 28.7. The Balaban J connectivity index is -0.000000465. The van der Waals surface area contributed by atoms with Gasteiger partial charge in [-0.2, -0.15) is 0 Å². The highest BCUT2D eigenvalue weighted by atomic mass is 16.6. The van der Waals surface area contributed by atoms with Crippen molar-refractivity contribution in [3.05, 3.63) is 0 Å². The minimum absolute atomic E-state index is 0.101. The van der Waals surface area contributed by atoms with Crippen LogP contribution in [0, 0.1) is 0 Å². The van der Waals surface area contributed by atoms with E-state index in [2.05, 4.69) is 20.6 Å². The van der Waals surface area contributed by atoms with E-state index in [9.17, 15) is 14.4 Å². The number of rotatable bonds is 12. The van der Waals surface area contributed by atoms with Crippen molar-refractivity contribution in [3.63, 3.8) is 0 Å². The van der Waals surface area contributed by atoms with Gasteiger partial charge in [-0.15, -0.1) is 0 Å². The number of hydrogen-bond donors (Lipinski definition) is 9. The molecule has 0 aromatic heterocycles. The number of carboxylic acid groups (broad SMARTS) is 1. The number of nitrogens with two attached hydrogens (primary N) is 6. The van der Waals surface area contributed by atoms with Crippen LogP contribution in [0.5, 0.6) is 0 Å². The molecule has 0 rings (SSSR count). The van der Waals surface area contributed by atoms with Crippen molar-refractivity contribution in [1.82, 2.24) is 10.6 Å². The van der Waals surface area contributed by atoms with E-state index in [1.165, 1.54) is 6.92 Å². The van der Waals surface area contributed by atoms with Gasteiger partial charge in [-0.3, -0.25) is 19.6 Å². The minimum atomic E-state index is -1.09. The molecular formula is C21H48N10O5. The van der Waals surface area contributed by atoms with Crippen LogP contribution < -0.4 is 45.0 Å². The summed E-state index contributed by atoms with van der Waals surface area (Å²) in [5, 5.41) is 13.3. The second kappa shape index (κ2) is 22.2. The van der Waals surface area contributed by atoms with Crippen molar-refractivity contribution in [3.8, 4) is 0 Å². The van der Waals surface area contributed by atoms with Crippen LogP contribution in [0.4, 0.5) is 4.79 Å². The predicted octanol–water partition coefficient (Wildman–Crippen LogP) is -1.51. The molecule has 0 spiro atoms. The Bertz CT molecular complexity index is 670. The fourth-order valence-electron chi connectivity index (χ4n) is 1.83. The van der Waals surface area contributed by atoms with Crippen LogP contribution in [0.15, 0.2) is 9.98 Å². The van der Waals surface area contributed by atoms with Crippen molar-refractivity contribution < 1.29 is 24.2 Å². The van der Waals surface area contributed by atoms with Crippen LogP contribution >= 0.6 is 0 Å². The second-order valence-corrected chi connectivity index (χ2v) is 8.60. The molecule has 0 unspecified atom stereocenters. The molecule has 0 saturated carbocycles. The minimum Gasteiger partial charge on any atom is -0.480 e. The van der Waals surface area contributed by atoms with E-state index in [1.54, 1.807) is 27.7 Å². The number of carbonyl (C=O) groups is 3. The third-order valence-corrected chi connectivity index (χ3v) is 3.60.